The summed E-state index contributed by atoms with van der Waals surface area (Å²) in [6.07, 6.45) is -0.0266. The van der Waals surface area contributed by atoms with Crippen molar-refractivity contribution in [2.75, 3.05) is 42.1 Å². The molecule has 0 aromatic heterocycles. The van der Waals surface area contributed by atoms with Crippen LogP contribution in [0.1, 0.15) is 31.8 Å². The molecule has 1 saturated heterocycles. The first kappa shape index (κ1) is 40.3. The van der Waals surface area contributed by atoms with Gasteiger partial charge in [0.1, 0.15) is 17.7 Å². The van der Waals surface area contributed by atoms with Gasteiger partial charge in [-0.25, -0.2) is 22.4 Å². The van der Waals surface area contributed by atoms with E-state index in [2.05, 4.69) is 4.72 Å². The molecule has 6 rings (SSSR count). The van der Waals surface area contributed by atoms with Crippen LogP contribution in [0.25, 0.3) is 11.1 Å². The second kappa shape index (κ2) is 17.6. The number of esters is 2. The fraction of sp³-hybridized carbons (Fsp3) is 0.200. The van der Waals surface area contributed by atoms with Crippen LogP contribution >= 0.6 is 11.6 Å². The van der Waals surface area contributed by atoms with E-state index in [4.69, 9.17) is 25.8 Å². The number of methoxy groups -OCH3 is 2. The predicted octanol–water partition coefficient (Wildman–Crippen LogP) is 6.90. The molecule has 1 N–H and O–H groups in total. The van der Waals surface area contributed by atoms with Gasteiger partial charge in [0, 0.05) is 24.7 Å². The molecule has 56 heavy (non-hydrogen) atoms. The predicted molar refractivity (Wildman–Crippen MR) is 211 cm³/mol. The topological polar surface area (TPSA) is 155 Å². The lowest BCUT2D eigenvalue weighted by atomic mass is 10.1. The number of hydrogen-bond donors (Lipinski definition) is 1. The number of carbonyl (C=O) groups excluding carboxylic acids is 2. The molecule has 0 saturated carbocycles. The van der Waals surface area contributed by atoms with Crippen LogP contribution in [0.5, 0.6) is 5.75 Å². The molecule has 1 aliphatic heterocycles. The highest BCUT2D eigenvalue weighted by Gasteiger charge is 2.30. The number of likely N-dealkylation sites (tertiary alicyclic amines) is 1. The lowest BCUT2D eigenvalue weighted by Crippen LogP contribution is -2.53. The van der Waals surface area contributed by atoms with Gasteiger partial charge in [0.05, 0.1) is 59.4 Å². The van der Waals surface area contributed by atoms with Crippen LogP contribution < -0.4 is 13.8 Å². The van der Waals surface area contributed by atoms with Crippen molar-refractivity contribution in [2.45, 2.75) is 19.1 Å². The molecule has 5 aromatic carbocycles. The lowest BCUT2D eigenvalue weighted by molar-refractivity contribution is 0.0144. The Morgan fingerprint density at radius 1 is 0.857 bits per heavy atom. The number of hydrogen-bond acceptors (Lipinski definition) is 10. The summed E-state index contributed by atoms with van der Waals surface area (Å²) in [5, 5.41) is 0.550. The fourth-order valence-corrected chi connectivity index (χ4v) is 7.99. The van der Waals surface area contributed by atoms with Crippen molar-refractivity contribution < 1.29 is 45.4 Å². The summed E-state index contributed by atoms with van der Waals surface area (Å²) >= 11 is 3.09. The standard InChI is InChI=1S/C40H37ClFN3O9S2/c1-52-39(46)35-21-27(5-17-37(35)43-56(50,51)20-19-26-3-10-30(41)11-4-26)23-44-24-34(25-44)54-33-16-18-38(36(22-33)40(47)53-2)45(55(48)49)32-14-8-29(9-15-32)28-6-12-31(42)13-7-28/h3-18,21-22,34,43H,19-20,23-25H2,1-2H3,(H,48,49)/p-1. The first-order valence-electron chi connectivity index (χ1n) is 17.2. The average Bonchev–Trinajstić information content (AvgIpc) is 3.17. The molecule has 1 atom stereocenters. The van der Waals surface area contributed by atoms with Crippen molar-refractivity contribution in [1.29, 1.82) is 0 Å². The largest absolute Gasteiger partial charge is 0.755 e. The smallest absolute Gasteiger partial charge is 0.340 e. The van der Waals surface area contributed by atoms with E-state index in [0.29, 0.717) is 30.4 Å². The molecule has 0 bridgehead atoms. The Kier molecular flexibility index (Phi) is 12.7. The van der Waals surface area contributed by atoms with Gasteiger partial charge in [0.25, 0.3) is 0 Å². The van der Waals surface area contributed by atoms with Crippen LogP contribution in [0, 0.1) is 5.82 Å². The number of anilines is 3. The van der Waals surface area contributed by atoms with Crippen LogP contribution in [0.4, 0.5) is 21.5 Å². The minimum atomic E-state index is -3.81. The Morgan fingerprint density at radius 2 is 1.46 bits per heavy atom. The second-order valence-corrected chi connectivity index (χ2v) is 15.9. The number of nitrogens with zero attached hydrogens (tertiary/aromatic N) is 2. The van der Waals surface area contributed by atoms with Gasteiger partial charge in [-0.1, -0.05) is 54.1 Å². The number of sulfonamides is 1. The van der Waals surface area contributed by atoms with E-state index in [1.807, 2.05) is 4.90 Å². The summed E-state index contributed by atoms with van der Waals surface area (Å²) < 4.78 is 83.8. The van der Waals surface area contributed by atoms with Gasteiger partial charge in [-0.3, -0.25) is 18.1 Å². The quantitative estimate of drug-likeness (QED) is 0.0872. The van der Waals surface area contributed by atoms with Gasteiger partial charge in [0.2, 0.25) is 10.0 Å². The monoisotopic (exact) mass is 820 g/mol. The molecule has 1 fully saturated rings. The minimum Gasteiger partial charge on any atom is -0.755 e. The van der Waals surface area contributed by atoms with Crippen LogP contribution in [0.15, 0.2) is 109 Å². The number of nitrogens with one attached hydrogen (secondary N) is 1. The number of halogens is 2. The summed E-state index contributed by atoms with van der Waals surface area (Å²) in [6.45, 7) is 1.39. The van der Waals surface area contributed by atoms with Crippen LogP contribution in [-0.2, 0) is 43.7 Å². The molecule has 1 heterocycles. The maximum atomic E-state index is 13.4. The van der Waals surface area contributed by atoms with Crippen molar-refractivity contribution in [3.63, 3.8) is 0 Å². The molecule has 16 heteroatoms. The number of benzene rings is 5. The third-order valence-electron chi connectivity index (χ3n) is 8.98. The zero-order valence-electron chi connectivity index (χ0n) is 30.1. The Morgan fingerprint density at radius 3 is 2.09 bits per heavy atom. The van der Waals surface area contributed by atoms with Gasteiger partial charge < -0.3 is 18.8 Å². The molecule has 1 unspecified atom stereocenters. The van der Waals surface area contributed by atoms with Crippen molar-refractivity contribution in [1.82, 2.24) is 4.90 Å². The van der Waals surface area contributed by atoms with E-state index in [0.717, 1.165) is 26.6 Å². The van der Waals surface area contributed by atoms with E-state index in [1.165, 1.54) is 44.6 Å². The zero-order valence-corrected chi connectivity index (χ0v) is 32.5. The SMILES string of the molecule is COC(=O)c1cc(CN2CC(Oc3ccc(N(c4ccc(-c5ccc(F)cc5)cc4)S(=O)[O-])c(C(=O)OC)c3)C2)ccc1NS(=O)(=O)CCc1ccc(Cl)cc1. The van der Waals surface area contributed by atoms with Crippen LogP contribution in [-0.4, -0.2) is 73.2 Å². The molecule has 12 nitrogen and oxygen atoms in total. The molecule has 292 valence electrons. The molecule has 1 aliphatic rings. The van der Waals surface area contributed by atoms with E-state index >= 15 is 0 Å². The summed E-state index contributed by atoms with van der Waals surface area (Å²) in [5.41, 5.74) is 3.46. The zero-order chi connectivity index (χ0) is 40.0. The average molecular weight is 821 g/mol. The van der Waals surface area contributed by atoms with Gasteiger partial charge in [-0.05, 0) is 95.4 Å². The molecule has 0 aliphatic carbocycles. The van der Waals surface area contributed by atoms with Crippen molar-refractivity contribution in [3.8, 4) is 16.9 Å². The Balaban J connectivity index is 1.10. The van der Waals surface area contributed by atoms with E-state index in [-0.39, 0.29) is 52.3 Å². The molecule has 5 aromatic rings. The maximum Gasteiger partial charge on any atom is 0.340 e. The normalized spacial score (nSPS) is 13.7. The van der Waals surface area contributed by atoms with Crippen LogP contribution in [0.3, 0.4) is 0 Å². The van der Waals surface area contributed by atoms with Gasteiger partial charge >= 0.3 is 11.9 Å². The Labute approximate surface area is 331 Å². The van der Waals surface area contributed by atoms with Gasteiger partial charge in [0.15, 0.2) is 0 Å². The summed E-state index contributed by atoms with van der Waals surface area (Å²) in [4.78, 5) is 27.6. The highest BCUT2D eigenvalue weighted by molar-refractivity contribution is 7.92. The number of carbonyl (C=O) groups is 2. The first-order chi connectivity index (χ1) is 26.8. The van der Waals surface area contributed by atoms with Gasteiger partial charge in [-0.15, -0.1) is 0 Å². The van der Waals surface area contributed by atoms with Crippen LogP contribution in [0.2, 0.25) is 5.02 Å². The highest BCUT2D eigenvalue weighted by atomic mass is 35.5. The third-order valence-corrected chi connectivity index (χ3v) is 11.2. The summed E-state index contributed by atoms with van der Waals surface area (Å²) in [5.74, 6) is -1.73. The van der Waals surface area contributed by atoms with Crippen molar-refractivity contribution >= 4 is 61.9 Å². The molecular formula is C40H36ClFN3O9S2-. The van der Waals surface area contributed by atoms with E-state index in [9.17, 15) is 31.2 Å². The van der Waals surface area contributed by atoms with Gasteiger partial charge in [-0.2, -0.15) is 0 Å². The number of rotatable bonds is 15. The molecule has 0 amide bonds. The lowest BCUT2D eigenvalue weighted by Gasteiger charge is -2.39. The third kappa shape index (κ3) is 9.91. The minimum absolute atomic E-state index is 0.0379. The Bertz CT molecular complexity index is 2340. The van der Waals surface area contributed by atoms with E-state index in [1.54, 1.807) is 78.9 Å². The molecular weight excluding hydrogens is 785 g/mol. The second-order valence-electron chi connectivity index (χ2n) is 12.8. The Hall–Kier alpha value is -5.32. The highest BCUT2D eigenvalue weighted by Crippen LogP contribution is 2.35. The fourth-order valence-electron chi connectivity index (χ4n) is 6.13. The maximum absolute atomic E-state index is 13.4. The molecule has 0 spiro atoms. The molecule has 0 radical (unpaired) electrons. The van der Waals surface area contributed by atoms with E-state index < -0.39 is 33.2 Å². The number of aryl methyl sites for hydroxylation is 1. The summed E-state index contributed by atoms with van der Waals surface area (Å²) in [6, 6.07) is 28.6. The van der Waals surface area contributed by atoms with Crippen molar-refractivity contribution in [2.24, 2.45) is 0 Å². The number of ether oxygens (including phenoxy) is 3. The van der Waals surface area contributed by atoms with Crippen molar-refractivity contribution in [3.05, 3.63) is 142 Å². The summed E-state index contributed by atoms with van der Waals surface area (Å²) in [7, 11) is -1.40. The first-order valence-corrected chi connectivity index (χ1v) is 20.2.